The van der Waals surface area contributed by atoms with E-state index in [0.29, 0.717) is 6.54 Å². The fourth-order valence-electron chi connectivity index (χ4n) is 4.14. The second kappa shape index (κ2) is 8.58. The van der Waals surface area contributed by atoms with Crippen LogP contribution in [0.25, 0.3) is 11.1 Å². The predicted molar refractivity (Wildman–Crippen MR) is 115 cm³/mol. The van der Waals surface area contributed by atoms with Gasteiger partial charge in [0, 0.05) is 12.7 Å². The number of rotatable bonds is 5. The van der Waals surface area contributed by atoms with Gasteiger partial charge in [-0.2, -0.15) is 0 Å². The second-order valence-electron chi connectivity index (χ2n) is 7.82. The Morgan fingerprint density at radius 2 is 1.76 bits per heavy atom. The van der Waals surface area contributed by atoms with Crippen molar-refractivity contribution in [1.29, 1.82) is 0 Å². The Morgan fingerprint density at radius 3 is 2.41 bits per heavy atom. The van der Waals surface area contributed by atoms with Crippen LogP contribution in [0.2, 0.25) is 0 Å². The normalized spacial score (nSPS) is 18.3. The number of nitrogens with zero attached hydrogens (tertiary/aromatic N) is 2. The molecule has 0 saturated carbocycles. The molecule has 4 heteroatoms. The van der Waals surface area contributed by atoms with Crippen LogP contribution in [-0.4, -0.2) is 34.0 Å². The smallest absolute Gasteiger partial charge is 0.307 e. The van der Waals surface area contributed by atoms with E-state index in [1.807, 2.05) is 31.3 Å². The SMILES string of the molecule is Cc1ccc(C(c2ccc(-c3ccccc3)cc2)N2CCCC(C(=O)O)C2)nc1. The molecule has 1 saturated heterocycles. The lowest BCUT2D eigenvalue weighted by Crippen LogP contribution is -2.41. The van der Waals surface area contributed by atoms with E-state index >= 15 is 0 Å². The second-order valence-corrected chi connectivity index (χ2v) is 7.82. The maximum atomic E-state index is 11.6. The highest BCUT2D eigenvalue weighted by molar-refractivity contribution is 5.70. The van der Waals surface area contributed by atoms with Crippen LogP contribution in [0.3, 0.4) is 0 Å². The van der Waals surface area contributed by atoms with E-state index in [4.69, 9.17) is 4.98 Å². The lowest BCUT2D eigenvalue weighted by Gasteiger charge is -2.37. The molecule has 2 heterocycles. The van der Waals surface area contributed by atoms with Crippen molar-refractivity contribution in [1.82, 2.24) is 9.88 Å². The molecular formula is C25H26N2O2. The quantitative estimate of drug-likeness (QED) is 0.675. The summed E-state index contributed by atoms with van der Waals surface area (Å²) < 4.78 is 0. The Morgan fingerprint density at radius 1 is 1.03 bits per heavy atom. The summed E-state index contributed by atoms with van der Waals surface area (Å²) >= 11 is 0. The molecule has 0 bridgehead atoms. The number of hydrogen-bond acceptors (Lipinski definition) is 3. The first-order valence-corrected chi connectivity index (χ1v) is 10.2. The van der Waals surface area contributed by atoms with Crippen LogP contribution >= 0.6 is 0 Å². The zero-order chi connectivity index (χ0) is 20.2. The third-order valence-electron chi connectivity index (χ3n) is 5.72. The first-order valence-electron chi connectivity index (χ1n) is 10.2. The highest BCUT2D eigenvalue weighted by Crippen LogP contribution is 2.33. The largest absolute Gasteiger partial charge is 0.481 e. The van der Waals surface area contributed by atoms with Gasteiger partial charge in [-0.05, 0) is 54.6 Å². The minimum atomic E-state index is -0.704. The van der Waals surface area contributed by atoms with Gasteiger partial charge in [0.25, 0.3) is 0 Å². The Kier molecular flexibility index (Phi) is 5.72. The van der Waals surface area contributed by atoms with Crippen molar-refractivity contribution in [2.75, 3.05) is 13.1 Å². The molecule has 1 aliphatic heterocycles. The van der Waals surface area contributed by atoms with Crippen LogP contribution in [0.4, 0.5) is 0 Å². The van der Waals surface area contributed by atoms with Crippen LogP contribution in [0.1, 0.15) is 35.7 Å². The number of pyridine rings is 1. The molecule has 1 aliphatic rings. The third-order valence-corrected chi connectivity index (χ3v) is 5.72. The number of likely N-dealkylation sites (tertiary alicyclic amines) is 1. The number of carboxylic acid groups (broad SMARTS) is 1. The summed E-state index contributed by atoms with van der Waals surface area (Å²) in [5.41, 5.74) is 5.59. The summed E-state index contributed by atoms with van der Waals surface area (Å²) in [6, 6.07) is 23.0. The molecule has 1 fully saturated rings. The summed E-state index contributed by atoms with van der Waals surface area (Å²) in [6.45, 7) is 3.46. The van der Waals surface area contributed by atoms with Gasteiger partial charge in [0.2, 0.25) is 0 Å². The van der Waals surface area contributed by atoms with Gasteiger partial charge in [-0.1, -0.05) is 60.7 Å². The fraction of sp³-hybridized carbons (Fsp3) is 0.280. The molecule has 0 spiro atoms. The van der Waals surface area contributed by atoms with Gasteiger partial charge in [0.1, 0.15) is 0 Å². The van der Waals surface area contributed by atoms with E-state index in [1.54, 1.807) is 0 Å². The first kappa shape index (κ1) is 19.3. The summed E-state index contributed by atoms with van der Waals surface area (Å²) in [6.07, 6.45) is 3.52. The average molecular weight is 386 g/mol. The van der Waals surface area contributed by atoms with Crippen molar-refractivity contribution in [2.45, 2.75) is 25.8 Å². The van der Waals surface area contributed by atoms with Gasteiger partial charge in [0.15, 0.2) is 0 Å². The van der Waals surface area contributed by atoms with Gasteiger partial charge in [-0.15, -0.1) is 0 Å². The molecular weight excluding hydrogens is 360 g/mol. The van der Waals surface area contributed by atoms with Gasteiger partial charge >= 0.3 is 5.97 Å². The molecule has 0 aliphatic carbocycles. The molecule has 2 atom stereocenters. The Bertz CT molecular complexity index is 952. The first-order chi connectivity index (χ1) is 14.1. The molecule has 1 aromatic heterocycles. The molecule has 4 rings (SSSR count). The number of hydrogen-bond donors (Lipinski definition) is 1. The van der Waals surface area contributed by atoms with Crippen LogP contribution in [0, 0.1) is 12.8 Å². The van der Waals surface area contributed by atoms with Crippen molar-refractivity contribution in [3.05, 3.63) is 89.7 Å². The van der Waals surface area contributed by atoms with Crippen molar-refractivity contribution < 1.29 is 9.90 Å². The van der Waals surface area contributed by atoms with Crippen LogP contribution in [-0.2, 0) is 4.79 Å². The standard InChI is InChI=1S/C25H26N2O2/c1-18-9-14-23(26-16-18)24(27-15-5-8-22(17-27)25(28)29)21-12-10-20(11-13-21)19-6-3-2-4-7-19/h2-4,6-7,9-14,16,22,24H,5,8,15,17H2,1H3,(H,28,29). The zero-order valence-corrected chi connectivity index (χ0v) is 16.7. The predicted octanol–water partition coefficient (Wildman–Crippen LogP) is 4.94. The number of aromatic nitrogens is 1. The van der Waals surface area contributed by atoms with E-state index < -0.39 is 5.97 Å². The molecule has 3 aromatic rings. The Labute approximate surface area is 171 Å². The minimum Gasteiger partial charge on any atom is -0.481 e. The maximum absolute atomic E-state index is 11.6. The van der Waals surface area contributed by atoms with Gasteiger partial charge < -0.3 is 5.11 Å². The Balaban J connectivity index is 1.68. The lowest BCUT2D eigenvalue weighted by molar-refractivity contribution is -0.143. The molecule has 0 radical (unpaired) electrons. The van der Waals surface area contributed by atoms with Gasteiger partial charge in [-0.25, -0.2) is 0 Å². The highest BCUT2D eigenvalue weighted by atomic mass is 16.4. The molecule has 148 valence electrons. The monoisotopic (exact) mass is 386 g/mol. The van der Waals surface area contributed by atoms with Crippen molar-refractivity contribution in [3.8, 4) is 11.1 Å². The fourth-order valence-corrected chi connectivity index (χ4v) is 4.14. The van der Waals surface area contributed by atoms with Gasteiger partial charge in [-0.3, -0.25) is 14.7 Å². The third kappa shape index (κ3) is 4.38. The van der Waals surface area contributed by atoms with E-state index in [9.17, 15) is 9.90 Å². The van der Waals surface area contributed by atoms with Crippen LogP contribution in [0.15, 0.2) is 72.9 Å². The minimum absolute atomic E-state index is 0.0393. The lowest BCUT2D eigenvalue weighted by atomic mass is 9.92. The molecule has 4 nitrogen and oxygen atoms in total. The number of aliphatic carboxylic acids is 1. The number of piperidine rings is 1. The van der Waals surface area contributed by atoms with Crippen molar-refractivity contribution >= 4 is 5.97 Å². The highest BCUT2D eigenvalue weighted by Gasteiger charge is 2.31. The molecule has 1 N–H and O–H groups in total. The topological polar surface area (TPSA) is 53.4 Å². The zero-order valence-electron chi connectivity index (χ0n) is 16.7. The van der Waals surface area contributed by atoms with Crippen molar-refractivity contribution in [3.63, 3.8) is 0 Å². The number of carboxylic acids is 1. The molecule has 2 aromatic carbocycles. The van der Waals surface area contributed by atoms with E-state index in [-0.39, 0.29) is 12.0 Å². The summed E-state index contributed by atoms with van der Waals surface area (Å²) in [5, 5.41) is 9.54. The van der Waals surface area contributed by atoms with E-state index in [2.05, 4.69) is 53.4 Å². The summed E-state index contributed by atoms with van der Waals surface area (Å²) in [4.78, 5) is 18.6. The molecule has 0 amide bonds. The van der Waals surface area contributed by atoms with Crippen LogP contribution < -0.4 is 0 Å². The number of benzene rings is 2. The molecule has 29 heavy (non-hydrogen) atoms. The summed E-state index contributed by atoms with van der Waals surface area (Å²) in [5.74, 6) is -1.02. The van der Waals surface area contributed by atoms with Crippen LogP contribution in [0.5, 0.6) is 0 Å². The molecule has 2 unspecified atom stereocenters. The maximum Gasteiger partial charge on any atom is 0.307 e. The van der Waals surface area contributed by atoms with E-state index in [0.717, 1.165) is 36.2 Å². The summed E-state index contributed by atoms with van der Waals surface area (Å²) in [7, 11) is 0. The average Bonchev–Trinajstić information content (AvgIpc) is 2.77. The van der Waals surface area contributed by atoms with E-state index in [1.165, 1.54) is 11.1 Å². The number of carbonyl (C=O) groups is 1. The Hall–Kier alpha value is -2.98. The van der Waals surface area contributed by atoms with Crippen molar-refractivity contribution in [2.24, 2.45) is 5.92 Å². The number of aryl methyl sites for hydroxylation is 1. The van der Waals surface area contributed by atoms with Gasteiger partial charge in [0.05, 0.1) is 17.7 Å².